The quantitative estimate of drug-likeness (QED) is 0.692. The number of halogens is 1. The normalized spacial score (nSPS) is 11.7. The molecular weight excluding hydrogens is 317 g/mol. The van der Waals surface area contributed by atoms with Gasteiger partial charge < -0.3 is 9.73 Å². The number of anilines is 1. The number of nitrogens with one attached hydrogen (secondary N) is 1. The molecule has 0 aliphatic carbocycles. The Morgan fingerprint density at radius 1 is 1.20 bits per heavy atom. The first-order chi connectivity index (χ1) is 12.2. The fourth-order valence-corrected chi connectivity index (χ4v) is 2.70. The molecule has 0 saturated heterocycles. The van der Waals surface area contributed by atoms with E-state index < -0.39 is 0 Å². The van der Waals surface area contributed by atoms with Crippen molar-refractivity contribution in [1.29, 1.82) is 5.26 Å². The van der Waals surface area contributed by atoms with E-state index in [1.54, 1.807) is 12.1 Å². The molecule has 25 heavy (non-hydrogen) atoms. The summed E-state index contributed by atoms with van der Waals surface area (Å²) in [5.74, 6) is 0.455. The molecule has 0 aliphatic rings. The molecule has 0 fully saturated rings. The van der Waals surface area contributed by atoms with Gasteiger partial charge in [0.25, 0.3) is 0 Å². The summed E-state index contributed by atoms with van der Waals surface area (Å²) in [5.41, 5.74) is 1.89. The Balaban J connectivity index is 1.79. The van der Waals surface area contributed by atoms with E-state index in [4.69, 9.17) is 4.42 Å². The number of nitriles is 1. The van der Waals surface area contributed by atoms with Crippen molar-refractivity contribution < 1.29 is 8.81 Å². The third kappa shape index (κ3) is 3.86. The number of oxazole rings is 1. The van der Waals surface area contributed by atoms with Gasteiger partial charge in [-0.05, 0) is 30.2 Å². The maximum Gasteiger partial charge on any atom is 0.232 e. The van der Waals surface area contributed by atoms with Crippen LogP contribution in [-0.4, -0.2) is 11.5 Å². The van der Waals surface area contributed by atoms with Crippen LogP contribution in [0.1, 0.15) is 30.5 Å². The third-order valence-corrected chi connectivity index (χ3v) is 4.08. The highest BCUT2D eigenvalue weighted by molar-refractivity contribution is 5.58. The Bertz CT molecular complexity index is 883. The summed E-state index contributed by atoms with van der Waals surface area (Å²) in [5, 5.41) is 12.5. The Labute approximate surface area is 145 Å². The largest absolute Gasteiger partial charge is 0.419 e. The number of aromatic nitrogens is 1. The Hall–Kier alpha value is -3.13. The van der Waals surface area contributed by atoms with Crippen molar-refractivity contribution in [2.75, 3.05) is 11.9 Å². The predicted octanol–water partition coefficient (Wildman–Crippen LogP) is 4.96. The lowest BCUT2D eigenvalue weighted by Gasteiger charge is -2.15. The lowest BCUT2D eigenvalue weighted by Crippen LogP contribution is -2.12. The van der Waals surface area contributed by atoms with Crippen molar-refractivity contribution in [2.45, 2.75) is 19.3 Å². The van der Waals surface area contributed by atoms with Gasteiger partial charge in [-0.15, -0.1) is 0 Å². The van der Waals surface area contributed by atoms with Crippen molar-refractivity contribution in [3.8, 4) is 17.5 Å². The number of nitrogens with zero attached hydrogens (tertiary/aromatic N) is 2. The van der Waals surface area contributed by atoms with Gasteiger partial charge in [0.15, 0.2) is 0 Å². The van der Waals surface area contributed by atoms with Gasteiger partial charge >= 0.3 is 0 Å². The zero-order valence-corrected chi connectivity index (χ0v) is 13.9. The van der Waals surface area contributed by atoms with Gasteiger partial charge in [-0.25, -0.2) is 4.39 Å². The zero-order valence-electron chi connectivity index (χ0n) is 13.9. The van der Waals surface area contributed by atoms with Crippen LogP contribution in [-0.2, 0) is 0 Å². The Kier molecular flexibility index (Phi) is 5.10. The number of rotatable bonds is 6. The number of benzene rings is 2. The lowest BCUT2D eigenvalue weighted by atomic mass is 9.96. The first kappa shape index (κ1) is 16.7. The molecule has 126 valence electrons. The first-order valence-electron chi connectivity index (χ1n) is 8.17. The molecule has 0 bridgehead atoms. The summed E-state index contributed by atoms with van der Waals surface area (Å²) in [7, 11) is 0. The summed E-state index contributed by atoms with van der Waals surface area (Å²) >= 11 is 0. The fraction of sp³-hybridized carbons (Fsp3) is 0.200. The molecule has 1 aromatic heterocycles. The van der Waals surface area contributed by atoms with E-state index >= 15 is 0 Å². The second-order valence-electron chi connectivity index (χ2n) is 5.72. The topological polar surface area (TPSA) is 61.9 Å². The van der Waals surface area contributed by atoms with Gasteiger partial charge in [0.1, 0.15) is 11.9 Å². The molecule has 0 spiro atoms. The Morgan fingerprint density at radius 3 is 2.68 bits per heavy atom. The molecule has 1 heterocycles. The van der Waals surface area contributed by atoms with Gasteiger partial charge in [-0.1, -0.05) is 43.3 Å². The lowest BCUT2D eigenvalue weighted by molar-refractivity contribution is 0.575. The molecule has 1 unspecified atom stereocenters. The van der Waals surface area contributed by atoms with Crippen molar-refractivity contribution in [1.82, 2.24) is 4.98 Å². The molecule has 3 rings (SSSR count). The highest BCUT2D eigenvalue weighted by Gasteiger charge is 2.16. The molecule has 0 amide bonds. The van der Waals surface area contributed by atoms with Crippen molar-refractivity contribution in [3.63, 3.8) is 0 Å². The van der Waals surface area contributed by atoms with Crippen LogP contribution in [0.25, 0.3) is 11.5 Å². The van der Waals surface area contributed by atoms with E-state index in [-0.39, 0.29) is 23.3 Å². The van der Waals surface area contributed by atoms with Crippen molar-refractivity contribution in [3.05, 3.63) is 71.7 Å². The Morgan fingerprint density at radius 2 is 2.00 bits per heavy atom. The molecule has 4 nitrogen and oxygen atoms in total. The highest BCUT2D eigenvalue weighted by Crippen LogP contribution is 2.27. The second-order valence-corrected chi connectivity index (χ2v) is 5.72. The van der Waals surface area contributed by atoms with Gasteiger partial charge in [0, 0.05) is 18.0 Å². The van der Waals surface area contributed by atoms with E-state index in [2.05, 4.69) is 29.4 Å². The van der Waals surface area contributed by atoms with Crippen LogP contribution in [0.15, 0.2) is 59.0 Å². The maximum absolute atomic E-state index is 13.4. The van der Waals surface area contributed by atoms with Crippen LogP contribution in [0.2, 0.25) is 0 Å². The van der Waals surface area contributed by atoms with Crippen LogP contribution >= 0.6 is 0 Å². The average Bonchev–Trinajstić information content (AvgIpc) is 3.06. The summed E-state index contributed by atoms with van der Waals surface area (Å²) in [4.78, 5) is 4.16. The maximum atomic E-state index is 13.4. The van der Waals surface area contributed by atoms with E-state index in [1.807, 2.05) is 24.3 Å². The number of hydrogen-bond donors (Lipinski definition) is 1. The summed E-state index contributed by atoms with van der Waals surface area (Å²) < 4.78 is 19.0. The fourth-order valence-electron chi connectivity index (χ4n) is 2.70. The second kappa shape index (κ2) is 7.63. The van der Waals surface area contributed by atoms with Gasteiger partial charge in [-0.3, -0.25) is 0 Å². The minimum atomic E-state index is -0.376. The molecular formula is C20H18FN3O. The molecule has 3 aromatic rings. The average molecular weight is 335 g/mol. The predicted molar refractivity (Wildman–Crippen MR) is 94.6 cm³/mol. The molecule has 0 saturated carbocycles. The molecule has 0 aliphatic heterocycles. The van der Waals surface area contributed by atoms with Crippen molar-refractivity contribution >= 4 is 5.88 Å². The molecule has 1 N–H and O–H groups in total. The van der Waals surface area contributed by atoms with E-state index in [9.17, 15) is 9.65 Å². The van der Waals surface area contributed by atoms with Crippen molar-refractivity contribution in [2.24, 2.45) is 0 Å². The standard InChI is InChI=1S/C20H18FN3O/c1-2-14(15-7-4-3-5-8-15)13-23-20-18(12-22)24-19(25-20)16-9-6-10-17(21)11-16/h3-11,14,23H,2,13H2,1H3. The van der Waals surface area contributed by atoms with E-state index in [0.29, 0.717) is 18.0 Å². The highest BCUT2D eigenvalue weighted by atomic mass is 19.1. The first-order valence-corrected chi connectivity index (χ1v) is 8.17. The molecule has 0 radical (unpaired) electrons. The SMILES string of the molecule is CCC(CNc1oc(-c2cccc(F)c2)nc1C#N)c1ccccc1. The van der Waals surface area contributed by atoms with Gasteiger partial charge in [0.2, 0.25) is 17.5 Å². The zero-order chi connectivity index (χ0) is 17.6. The summed E-state index contributed by atoms with van der Waals surface area (Å²) in [6.07, 6.45) is 0.948. The van der Waals surface area contributed by atoms with Crippen LogP contribution in [0.5, 0.6) is 0 Å². The third-order valence-electron chi connectivity index (χ3n) is 4.08. The monoisotopic (exact) mass is 335 g/mol. The minimum absolute atomic E-state index is 0.169. The van der Waals surface area contributed by atoms with Crippen LogP contribution < -0.4 is 5.32 Å². The smallest absolute Gasteiger partial charge is 0.232 e. The molecule has 2 aromatic carbocycles. The van der Waals surface area contributed by atoms with Gasteiger partial charge in [0.05, 0.1) is 0 Å². The minimum Gasteiger partial charge on any atom is -0.419 e. The molecule has 5 heteroatoms. The van der Waals surface area contributed by atoms with Crippen LogP contribution in [0.3, 0.4) is 0 Å². The van der Waals surface area contributed by atoms with Crippen LogP contribution in [0.4, 0.5) is 10.3 Å². The summed E-state index contributed by atoms with van der Waals surface area (Å²) in [6.45, 7) is 2.73. The van der Waals surface area contributed by atoms with Gasteiger partial charge in [-0.2, -0.15) is 10.2 Å². The number of hydrogen-bond acceptors (Lipinski definition) is 4. The summed E-state index contributed by atoms with van der Waals surface area (Å²) in [6, 6.07) is 18.1. The van der Waals surface area contributed by atoms with E-state index in [0.717, 1.165) is 6.42 Å². The van der Waals surface area contributed by atoms with E-state index in [1.165, 1.54) is 17.7 Å². The molecule has 1 atom stereocenters. The van der Waals surface area contributed by atoms with Crippen LogP contribution in [0, 0.1) is 17.1 Å².